The molecule has 0 aliphatic carbocycles. The minimum absolute atomic E-state index is 0.0261. The van der Waals surface area contributed by atoms with Crippen LogP contribution in [0.3, 0.4) is 0 Å². The van der Waals surface area contributed by atoms with Gasteiger partial charge in [0.2, 0.25) is 12.5 Å². The van der Waals surface area contributed by atoms with Crippen LogP contribution >= 0.6 is 11.3 Å². The van der Waals surface area contributed by atoms with E-state index in [0.717, 1.165) is 24.5 Å². The quantitative estimate of drug-likeness (QED) is 0.590. The van der Waals surface area contributed by atoms with Crippen LogP contribution in [0, 0.1) is 0 Å². The first-order valence-electron chi connectivity index (χ1n) is 9.20. The minimum atomic E-state index is -0.879. The summed E-state index contributed by atoms with van der Waals surface area (Å²) in [5, 5.41) is 13.6. The largest absolute Gasteiger partial charge is 0.481 e. The molecule has 0 bridgehead atoms. The van der Waals surface area contributed by atoms with Gasteiger partial charge in [-0.3, -0.25) is 0 Å². The summed E-state index contributed by atoms with van der Waals surface area (Å²) in [6, 6.07) is 18.2. The summed E-state index contributed by atoms with van der Waals surface area (Å²) in [5.74, 6) is 1.32. The van der Waals surface area contributed by atoms with E-state index in [4.69, 9.17) is 19.3 Å². The second-order valence-electron chi connectivity index (χ2n) is 6.18. The van der Waals surface area contributed by atoms with Crippen molar-refractivity contribution in [2.24, 2.45) is 0 Å². The second-order valence-corrected chi connectivity index (χ2v) is 7.15. The number of hydrogen-bond donors (Lipinski definition) is 2. The van der Waals surface area contributed by atoms with Gasteiger partial charge in [0.25, 0.3) is 0 Å². The van der Waals surface area contributed by atoms with Gasteiger partial charge in [0, 0.05) is 11.3 Å². The van der Waals surface area contributed by atoms with Crippen molar-refractivity contribution in [2.45, 2.75) is 12.5 Å². The maximum atomic E-state index is 10.2. The normalized spacial score (nSPS) is 12.6. The van der Waals surface area contributed by atoms with Crippen LogP contribution < -0.4 is 19.5 Å². The smallest absolute Gasteiger partial charge is 0.335 e. The molecule has 1 atom stereocenters. The fourth-order valence-electron chi connectivity index (χ4n) is 2.74. The molecule has 6 nitrogen and oxygen atoms in total. The van der Waals surface area contributed by atoms with E-state index in [0.29, 0.717) is 11.3 Å². The number of benzene rings is 2. The standard InChI is InChI=1S/C15H17NO3S.C7H6O2/c1-16-8-7-11(14-6-3-9-20-14)19-13-5-2-4-12-15(13)18-10-17-12;8-7(9)6-4-2-1-3-5-6/h2-6,9,11,16H,7-8,10H2,1H3;1-5H,(H,8,9)/t11-;/m0./s1. The lowest BCUT2D eigenvalue weighted by Gasteiger charge is -2.18. The molecule has 1 aliphatic heterocycles. The molecule has 1 aliphatic rings. The van der Waals surface area contributed by atoms with Gasteiger partial charge in [0.15, 0.2) is 11.5 Å². The lowest BCUT2D eigenvalue weighted by molar-refractivity contribution is 0.0697. The summed E-state index contributed by atoms with van der Waals surface area (Å²) in [6.45, 7) is 1.16. The van der Waals surface area contributed by atoms with Crippen molar-refractivity contribution < 1.29 is 24.1 Å². The van der Waals surface area contributed by atoms with Crippen molar-refractivity contribution in [1.82, 2.24) is 5.32 Å². The number of carboxylic acid groups (broad SMARTS) is 1. The topological polar surface area (TPSA) is 77.0 Å². The molecule has 0 saturated heterocycles. The van der Waals surface area contributed by atoms with Gasteiger partial charge in [-0.05, 0) is 49.3 Å². The third-order valence-electron chi connectivity index (χ3n) is 4.17. The lowest BCUT2D eigenvalue weighted by atomic mass is 10.2. The molecule has 2 N–H and O–H groups in total. The van der Waals surface area contributed by atoms with Crippen LogP contribution in [-0.2, 0) is 0 Å². The van der Waals surface area contributed by atoms with E-state index in [9.17, 15) is 4.79 Å². The number of nitrogens with one attached hydrogen (secondary N) is 1. The Morgan fingerprint density at radius 2 is 1.97 bits per heavy atom. The zero-order chi connectivity index (χ0) is 20.5. The molecular formula is C22H23NO5S. The van der Waals surface area contributed by atoms with Crippen molar-refractivity contribution in [2.75, 3.05) is 20.4 Å². The van der Waals surface area contributed by atoms with Crippen LogP contribution in [-0.4, -0.2) is 31.5 Å². The average Bonchev–Trinajstić information content (AvgIpc) is 3.44. The third-order valence-corrected chi connectivity index (χ3v) is 5.13. The highest BCUT2D eigenvalue weighted by atomic mass is 32.1. The minimum Gasteiger partial charge on any atom is -0.481 e. The van der Waals surface area contributed by atoms with Crippen LogP contribution in [0.15, 0.2) is 66.0 Å². The van der Waals surface area contributed by atoms with E-state index in [1.54, 1.807) is 41.7 Å². The fourth-order valence-corrected chi connectivity index (χ4v) is 3.53. The number of aromatic carboxylic acids is 1. The van der Waals surface area contributed by atoms with Crippen molar-refractivity contribution in [3.8, 4) is 17.2 Å². The molecule has 0 amide bonds. The average molecular weight is 413 g/mol. The number of hydrogen-bond acceptors (Lipinski definition) is 6. The van der Waals surface area contributed by atoms with Gasteiger partial charge < -0.3 is 24.6 Å². The van der Waals surface area contributed by atoms with Gasteiger partial charge in [0.1, 0.15) is 6.10 Å². The van der Waals surface area contributed by atoms with Crippen molar-refractivity contribution in [3.63, 3.8) is 0 Å². The number of carboxylic acids is 1. The summed E-state index contributed by atoms with van der Waals surface area (Å²) in [6.07, 6.45) is 0.930. The van der Waals surface area contributed by atoms with Gasteiger partial charge in [-0.15, -0.1) is 11.3 Å². The summed E-state index contributed by atoms with van der Waals surface area (Å²) < 4.78 is 17.0. The Hall–Kier alpha value is -3.03. The first-order chi connectivity index (χ1) is 14.2. The number of para-hydroxylation sites is 1. The Bertz CT molecular complexity index is 899. The molecule has 1 aromatic heterocycles. The molecule has 152 valence electrons. The van der Waals surface area contributed by atoms with Crippen molar-refractivity contribution >= 4 is 17.3 Å². The van der Waals surface area contributed by atoms with Gasteiger partial charge in [-0.25, -0.2) is 4.79 Å². The molecule has 0 saturated carbocycles. The molecule has 0 spiro atoms. The lowest BCUT2D eigenvalue weighted by Crippen LogP contribution is -2.15. The summed E-state index contributed by atoms with van der Waals surface area (Å²) in [7, 11) is 1.95. The molecule has 0 fully saturated rings. The highest BCUT2D eigenvalue weighted by Gasteiger charge is 2.22. The highest BCUT2D eigenvalue weighted by Crippen LogP contribution is 2.42. The van der Waals surface area contributed by atoms with Crippen LogP contribution in [0.1, 0.15) is 27.8 Å². The molecule has 0 radical (unpaired) electrons. The first kappa shape index (κ1) is 20.7. The van der Waals surface area contributed by atoms with Crippen molar-refractivity contribution in [1.29, 1.82) is 0 Å². The monoisotopic (exact) mass is 413 g/mol. The van der Waals surface area contributed by atoms with E-state index in [2.05, 4.69) is 16.8 Å². The number of ether oxygens (including phenoxy) is 3. The molecule has 4 rings (SSSR count). The number of carbonyl (C=O) groups is 1. The SMILES string of the molecule is CNCC[C@H](Oc1cccc2c1OCO2)c1cccs1.O=C(O)c1ccccc1. The van der Waals surface area contributed by atoms with Crippen molar-refractivity contribution in [3.05, 3.63) is 76.5 Å². The molecule has 2 aromatic carbocycles. The number of rotatable bonds is 7. The van der Waals surface area contributed by atoms with Crippen LogP contribution in [0.25, 0.3) is 0 Å². The van der Waals surface area contributed by atoms with Gasteiger partial charge >= 0.3 is 5.97 Å². The zero-order valence-electron chi connectivity index (χ0n) is 16.0. The maximum Gasteiger partial charge on any atom is 0.335 e. The number of fused-ring (bicyclic) bond motifs is 1. The van der Waals surface area contributed by atoms with Crippen LogP contribution in [0.4, 0.5) is 0 Å². The Morgan fingerprint density at radius 3 is 2.62 bits per heavy atom. The van der Waals surface area contributed by atoms with Gasteiger partial charge in [-0.1, -0.05) is 30.3 Å². The van der Waals surface area contributed by atoms with Crippen LogP contribution in [0.2, 0.25) is 0 Å². The molecule has 3 aromatic rings. The number of thiophene rings is 1. The highest BCUT2D eigenvalue weighted by molar-refractivity contribution is 7.10. The predicted molar refractivity (Wildman–Crippen MR) is 112 cm³/mol. The molecule has 7 heteroatoms. The van der Waals surface area contributed by atoms with E-state index in [-0.39, 0.29) is 12.9 Å². The Labute approximate surface area is 173 Å². The van der Waals surface area contributed by atoms with Gasteiger partial charge in [0.05, 0.1) is 5.56 Å². The van der Waals surface area contributed by atoms with Crippen LogP contribution in [0.5, 0.6) is 17.2 Å². The molecule has 0 unspecified atom stereocenters. The van der Waals surface area contributed by atoms with E-state index < -0.39 is 5.97 Å². The molecular weight excluding hydrogens is 390 g/mol. The predicted octanol–water partition coefficient (Wildman–Crippen LogP) is 4.59. The Balaban J connectivity index is 0.000000224. The Kier molecular flexibility index (Phi) is 7.49. The van der Waals surface area contributed by atoms with E-state index in [1.165, 1.54) is 4.88 Å². The Morgan fingerprint density at radius 1 is 1.14 bits per heavy atom. The zero-order valence-corrected chi connectivity index (χ0v) is 16.9. The third kappa shape index (κ3) is 5.73. The summed E-state index contributed by atoms with van der Waals surface area (Å²) in [5.41, 5.74) is 0.331. The molecule has 29 heavy (non-hydrogen) atoms. The fraction of sp³-hybridized carbons (Fsp3) is 0.227. The van der Waals surface area contributed by atoms with E-state index >= 15 is 0 Å². The first-order valence-corrected chi connectivity index (χ1v) is 10.1. The van der Waals surface area contributed by atoms with E-state index in [1.807, 2.05) is 31.3 Å². The van der Waals surface area contributed by atoms with Gasteiger partial charge in [-0.2, -0.15) is 0 Å². The second kappa shape index (κ2) is 10.5. The molecule has 2 heterocycles. The summed E-state index contributed by atoms with van der Waals surface area (Å²) >= 11 is 1.71. The maximum absolute atomic E-state index is 10.2. The summed E-state index contributed by atoms with van der Waals surface area (Å²) in [4.78, 5) is 11.4.